The number of aryl methyl sites for hydroxylation is 1. The minimum Gasteiger partial charge on any atom is -0.486 e. The van der Waals surface area contributed by atoms with Crippen molar-refractivity contribution in [1.82, 2.24) is 9.97 Å². The van der Waals surface area contributed by atoms with Gasteiger partial charge in [0.15, 0.2) is 17.3 Å². The molecule has 21 heavy (non-hydrogen) atoms. The van der Waals surface area contributed by atoms with E-state index in [0.29, 0.717) is 19.0 Å². The largest absolute Gasteiger partial charge is 0.486 e. The smallest absolute Gasteiger partial charge is 0.162 e. The summed E-state index contributed by atoms with van der Waals surface area (Å²) in [5.41, 5.74) is 1.87. The minimum atomic E-state index is 0.578. The number of ether oxygens (including phenoxy) is 2. The Bertz CT molecular complexity index is 643. The van der Waals surface area contributed by atoms with Crippen LogP contribution in [0.15, 0.2) is 24.3 Å². The standard InChI is InChI=1S/C16H19N3O2/c1-3-6-17-15-9-11(2)18-16(19-15)12-4-5-13-14(10-12)21-8-7-20-13/h4-5,9-10H,3,6-8H2,1-2H3,(H,17,18,19). The van der Waals surface area contributed by atoms with Gasteiger partial charge in [-0.2, -0.15) is 0 Å². The molecule has 5 nitrogen and oxygen atoms in total. The summed E-state index contributed by atoms with van der Waals surface area (Å²) in [6.45, 7) is 6.17. The van der Waals surface area contributed by atoms with E-state index in [0.717, 1.165) is 41.5 Å². The lowest BCUT2D eigenvalue weighted by atomic mass is 10.1. The van der Waals surface area contributed by atoms with Crippen molar-refractivity contribution < 1.29 is 9.47 Å². The predicted molar refractivity (Wildman–Crippen MR) is 82.0 cm³/mol. The fourth-order valence-corrected chi connectivity index (χ4v) is 2.22. The van der Waals surface area contributed by atoms with Crippen molar-refractivity contribution in [3.05, 3.63) is 30.0 Å². The first-order chi connectivity index (χ1) is 10.3. The molecule has 3 rings (SSSR count). The highest BCUT2D eigenvalue weighted by Crippen LogP contribution is 2.33. The van der Waals surface area contributed by atoms with Crippen LogP contribution in [0, 0.1) is 6.92 Å². The normalized spacial score (nSPS) is 13.0. The fourth-order valence-electron chi connectivity index (χ4n) is 2.22. The summed E-state index contributed by atoms with van der Waals surface area (Å²) in [6.07, 6.45) is 1.06. The van der Waals surface area contributed by atoms with Crippen molar-refractivity contribution in [3.8, 4) is 22.9 Å². The molecule has 0 saturated carbocycles. The van der Waals surface area contributed by atoms with Gasteiger partial charge >= 0.3 is 0 Å². The maximum atomic E-state index is 5.61. The zero-order valence-electron chi connectivity index (χ0n) is 12.3. The molecule has 1 aromatic heterocycles. The Kier molecular flexibility index (Phi) is 3.90. The monoisotopic (exact) mass is 285 g/mol. The first-order valence-corrected chi connectivity index (χ1v) is 7.26. The molecule has 110 valence electrons. The molecular weight excluding hydrogens is 266 g/mol. The number of nitrogens with one attached hydrogen (secondary N) is 1. The van der Waals surface area contributed by atoms with Gasteiger partial charge in [-0.05, 0) is 31.5 Å². The van der Waals surface area contributed by atoms with Gasteiger partial charge < -0.3 is 14.8 Å². The lowest BCUT2D eigenvalue weighted by molar-refractivity contribution is 0.171. The van der Waals surface area contributed by atoms with E-state index in [4.69, 9.17) is 9.47 Å². The van der Waals surface area contributed by atoms with Crippen LogP contribution in [-0.2, 0) is 0 Å². The van der Waals surface area contributed by atoms with Crippen LogP contribution in [-0.4, -0.2) is 29.7 Å². The summed E-state index contributed by atoms with van der Waals surface area (Å²) in [5.74, 6) is 3.09. The molecule has 1 aromatic carbocycles. The zero-order chi connectivity index (χ0) is 14.7. The lowest BCUT2D eigenvalue weighted by Crippen LogP contribution is -2.15. The second-order valence-corrected chi connectivity index (χ2v) is 5.00. The highest BCUT2D eigenvalue weighted by Gasteiger charge is 2.14. The zero-order valence-corrected chi connectivity index (χ0v) is 12.3. The van der Waals surface area contributed by atoms with E-state index in [-0.39, 0.29) is 0 Å². The minimum absolute atomic E-state index is 0.578. The number of nitrogens with zero attached hydrogens (tertiary/aromatic N) is 2. The molecule has 0 fully saturated rings. The fraction of sp³-hybridized carbons (Fsp3) is 0.375. The van der Waals surface area contributed by atoms with Gasteiger partial charge in [0, 0.05) is 23.9 Å². The third kappa shape index (κ3) is 3.07. The molecule has 1 N–H and O–H groups in total. The molecule has 2 aromatic rings. The van der Waals surface area contributed by atoms with E-state index in [9.17, 15) is 0 Å². The Balaban J connectivity index is 1.94. The molecule has 5 heteroatoms. The van der Waals surface area contributed by atoms with Crippen LogP contribution in [0.1, 0.15) is 19.0 Å². The van der Waals surface area contributed by atoms with Crippen LogP contribution >= 0.6 is 0 Å². The summed E-state index contributed by atoms with van der Waals surface area (Å²) in [6, 6.07) is 7.77. The molecule has 1 aliphatic heterocycles. The second-order valence-electron chi connectivity index (χ2n) is 5.00. The average molecular weight is 285 g/mol. The Morgan fingerprint density at radius 1 is 1.10 bits per heavy atom. The summed E-state index contributed by atoms with van der Waals surface area (Å²) < 4.78 is 11.2. The van der Waals surface area contributed by atoms with Gasteiger partial charge in [0.1, 0.15) is 19.0 Å². The van der Waals surface area contributed by atoms with E-state index in [2.05, 4.69) is 22.2 Å². The van der Waals surface area contributed by atoms with E-state index >= 15 is 0 Å². The Morgan fingerprint density at radius 3 is 2.71 bits per heavy atom. The van der Waals surface area contributed by atoms with Crippen molar-refractivity contribution in [2.45, 2.75) is 20.3 Å². The van der Waals surface area contributed by atoms with E-state index in [1.807, 2.05) is 31.2 Å². The van der Waals surface area contributed by atoms with Crippen molar-refractivity contribution in [2.24, 2.45) is 0 Å². The SMILES string of the molecule is CCCNc1cc(C)nc(-c2ccc3c(c2)OCCO3)n1. The van der Waals surface area contributed by atoms with Crippen LogP contribution < -0.4 is 14.8 Å². The van der Waals surface area contributed by atoms with Gasteiger partial charge in [0.25, 0.3) is 0 Å². The average Bonchev–Trinajstić information content (AvgIpc) is 2.52. The molecule has 0 unspecified atom stereocenters. The number of hydrogen-bond donors (Lipinski definition) is 1. The van der Waals surface area contributed by atoms with Gasteiger partial charge in [-0.25, -0.2) is 9.97 Å². The van der Waals surface area contributed by atoms with Crippen LogP contribution in [0.4, 0.5) is 5.82 Å². The number of hydrogen-bond acceptors (Lipinski definition) is 5. The molecular formula is C16H19N3O2. The van der Waals surface area contributed by atoms with Crippen molar-refractivity contribution >= 4 is 5.82 Å². The van der Waals surface area contributed by atoms with Gasteiger partial charge in [0.2, 0.25) is 0 Å². The molecule has 0 radical (unpaired) electrons. The number of fused-ring (bicyclic) bond motifs is 1. The first-order valence-electron chi connectivity index (χ1n) is 7.26. The van der Waals surface area contributed by atoms with E-state index in [1.165, 1.54) is 0 Å². The van der Waals surface area contributed by atoms with Gasteiger partial charge in [-0.1, -0.05) is 6.92 Å². The van der Waals surface area contributed by atoms with E-state index < -0.39 is 0 Å². The molecule has 2 heterocycles. The van der Waals surface area contributed by atoms with Crippen LogP contribution in [0.2, 0.25) is 0 Å². The maximum Gasteiger partial charge on any atom is 0.162 e. The number of anilines is 1. The van der Waals surface area contributed by atoms with Crippen LogP contribution in [0.5, 0.6) is 11.5 Å². The summed E-state index contributed by atoms with van der Waals surface area (Å²) in [5, 5.41) is 3.30. The Labute approximate surface area is 124 Å². The predicted octanol–water partition coefficient (Wildman–Crippen LogP) is 3.05. The van der Waals surface area contributed by atoms with Crippen LogP contribution in [0.3, 0.4) is 0 Å². The third-order valence-corrected chi connectivity index (χ3v) is 3.21. The molecule has 0 spiro atoms. The molecule has 0 atom stereocenters. The molecule has 0 saturated heterocycles. The summed E-state index contributed by atoms with van der Waals surface area (Å²) >= 11 is 0. The van der Waals surface area contributed by atoms with E-state index in [1.54, 1.807) is 0 Å². The lowest BCUT2D eigenvalue weighted by Gasteiger charge is -2.18. The maximum absolute atomic E-state index is 5.61. The first kappa shape index (κ1) is 13.7. The number of rotatable bonds is 4. The number of benzene rings is 1. The number of aromatic nitrogens is 2. The van der Waals surface area contributed by atoms with Gasteiger partial charge in [0.05, 0.1) is 0 Å². The Hall–Kier alpha value is -2.30. The van der Waals surface area contributed by atoms with Crippen molar-refractivity contribution in [2.75, 3.05) is 25.1 Å². The summed E-state index contributed by atoms with van der Waals surface area (Å²) in [7, 11) is 0. The van der Waals surface area contributed by atoms with Gasteiger partial charge in [-0.3, -0.25) is 0 Å². The Morgan fingerprint density at radius 2 is 1.90 bits per heavy atom. The topological polar surface area (TPSA) is 56.3 Å². The molecule has 1 aliphatic rings. The highest BCUT2D eigenvalue weighted by molar-refractivity contribution is 5.62. The van der Waals surface area contributed by atoms with Crippen molar-refractivity contribution in [1.29, 1.82) is 0 Å². The van der Waals surface area contributed by atoms with Gasteiger partial charge in [-0.15, -0.1) is 0 Å². The second kappa shape index (κ2) is 5.99. The van der Waals surface area contributed by atoms with Crippen LogP contribution in [0.25, 0.3) is 11.4 Å². The third-order valence-electron chi connectivity index (χ3n) is 3.21. The molecule has 0 amide bonds. The molecule has 0 aliphatic carbocycles. The molecule has 0 bridgehead atoms. The van der Waals surface area contributed by atoms with Crippen molar-refractivity contribution in [3.63, 3.8) is 0 Å². The highest BCUT2D eigenvalue weighted by atomic mass is 16.6. The quantitative estimate of drug-likeness (QED) is 0.935. The summed E-state index contributed by atoms with van der Waals surface area (Å²) in [4.78, 5) is 9.09.